The monoisotopic (exact) mass is 349 g/mol. The number of halogens is 2. The average Bonchev–Trinajstić information content (AvgIpc) is 2.56. The molecule has 0 saturated carbocycles. The van der Waals surface area contributed by atoms with E-state index in [9.17, 15) is 0 Å². The molecule has 0 amide bonds. The molecule has 122 valence electrons. The third-order valence-electron chi connectivity index (χ3n) is 3.86. The van der Waals surface area contributed by atoms with Gasteiger partial charge in [0.05, 0.1) is 6.21 Å². The Bertz CT molecular complexity index is 623. The van der Waals surface area contributed by atoms with E-state index in [1.807, 2.05) is 30.5 Å². The number of hydrazone groups is 1. The Morgan fingerprint density at radius 1 is 0.913 bits per heavy atom. The minimum Gasteiger partial charge on any atom is -0.295 e. The summed E-state index contributed by atoms with van der Waals surface area (Å²) in [5.41, 5.74) is 2.34. The standard InChI is InChI=1S/C18H20ClN3.ClH/c19-18-9-5-4-8-17(18)14-20-22-12-10-21(11-13-22)15-16-6-2-1-3-7-16;/h1-9,14H,10-13,15H2;1H/b20-14-;. The second kappa shape index (κ2) is 8.92. The van der Waals surface area contributed by atoms with Gasteiger partial charge in [0.25, 0.3) is 0 Å². The third-order valence-corrected chi connectivity index (χ3v) is 4.21. The van der Waals surface area contributed by atoms with Crippen LogP contribution in [0, 0.1) is 0 Å². The normalized spacial score (nSPS) is 15.6. The molecule has 0 aliphatic carbocycles. The lowest BCUT2D eigenvalue weighted by Gasteiger charge is -2.33. The first-order chi connectivity index (χ1) is 10.8. The SMILES string of the molecule is Cl.Clc1ccccc1/C=N\N1CCN(Cc2ccccc2)CC1. The Kier molecular flexibility index (Phi) is 6.90. The van der Waals surface area contributed by atoms with Crippen molar-refractivity contribution in [1.82, 2.24) is 9.91 Å². The van der Waals surface area contributed by atoms with Gasteiger partial charge in [0.15, 0.2) is 0 Å². The van der Waals surface area contributed by atoms with Crippen LogP contribution in [0.1, 0.15) is 11.1 Å². The Labute approximate surface area is 149 Å². The zero-order chi connectivity index (χ0) is 15.2. The van der Waals surface area contributed by atoms with Gasteiger partial charge < -0.3 is 0 Å². The molecule has 3 nitrogen and oxygen atoms in total. The molecule has 1 fully saturated rings. The van der Waals surface area contributed by atoms with E-state index in [1.165, 1.54) is 5.56 Å². The predicted molar refractivity (Wildman–Crippen MR) is 99.6 cm³/mol. The van der Waals surface area contributed by atoms with Gasteiger partial charge in [-0.3, -0.25) is 9.91 Å². The predicted octanol–water partition coefficient (Wildman–Crippen LogP) is 3.91. The Morgan fingerprint density at radius 3 is 2.26 bits per heavy atom. The third kappa shape index (κ3) is 5.24. The summed E-state index contributed by atoms with van der Waals surface area (Å²) in [4.78, 5) is 2.47. The van der Waals surface area contributed by atoms with Crippen molar-refractivity contribution in [3.63, 3.8) is 0 Å². The maximum absolute atomic E-state index is 6.14. The molecule has 0 atom stereocenters. The molecule has 0 spiro atoms. The number of benzene rings is 2. The summed E-state index contributed by atoms with van der Waals surface area (Å²) in [7, 11) is 0. The summed E-state index contributed by atoms with van der Waals surface area (Å²) in [5.74, 6) is 0. The van der Waals surface area contributed by atoms with E-state index in [0.717, 1.165) is 43.3 Å². The smallest absolute Gasteiger partial charge is 0.0557 e. The second-order valence-electron chi connectivity index (χ2n) is 5.48. The van der Waals surface area contributed by atoms with Crippen molar-refractivity contribution in [2.24, 2.45) is 5.10 Å². The van der Waals surface area contributed by atoms with E-state index >= 15 is 0 Å². The molecule has 23 heavy (non-hydrogen) atoms. The highest BCUT2D eigenvalue weighted by Crippen LogP contribution is 2.13. The highest BCUT2D eigenvalue weighted by atomic mass is 35.5. The van der Waals surface area contributed by atoms with E-state index in [2.05, 4.69) is 45.3 Å². The van der Waals surface area contributed by atoms with Crippen molar-refractivity contribution in [2.75, 3.05) is 26.2 Å². The van der Waals surface area contributed by atoms with Gasteiger partial charge in [0, 0.05) is 43.3 Å². The Balaban J connectivity index is 0.00000192. The lowest BCUT2D eigenvalue weighted by molar-refractivity contribution is 0.131. The van der Waals surface area contributed by atoms with Crippen LogP contribution in [0.2, 0.25) is 5.02 Å². The molecule has 0 radical (unpaired) electrons. The van der Waals surface area contributed by atoms with Gasteiger partial charge in [-0.25, -0.2) is 0 Å². The van der Waals surface area contributed by atoms with Crippen LogP contribution in [-0.2, 0) is 6.54 Å². The zero-order valence-corrected chi connectivity index (χ0v) is 14.5. The zero-order valence-electron chi connectivity index (χ0n) is 12.9. The topological polar surface area (TPSA) is 18.8 Å². The number of rotatable bonds is 4. The van der Waals surface area contributed by atoms with Crippen LogP contribution in [0.4, 0.5) is 0 Å². The second-order valence-corrected chi connectivity index (χ2v) is 5.89. The maximum atomic E-state index is 6.14. The molecule has 3 rings (SSSR count). The summed E-state index contributed by atoms with van der Waals surface area (Å²) < 4.78 is 0. The first-order valence-electron chi connectivity index (χ1n) is 7.61. The van der Waals surface area contributed by atoms with Crippen molar-refractivity contribution in [1.29, 1.82) is 0 Å². The highest BCUT2D eigenvalue weighted by Gasteiger charge is 2.15. The molecule has 2 aromatic rings. The molecule has 1 saturated heterocycles. The van der Waals surface area contributed by atoms with E-state index in [4.69, 9.17) is 11.6 Å². The van der Waals surface area contributed by atoms with Crippen molar-refractivity contribution >= 4 is 30.2 Å². The molecule has 0 bridgehead atoms. The summed E-state index contributed by atoms with van der Waals surface area (Å²) in [5, 5.41) is 7.41. The molecule has 0 aromatic heterocycles. The first kappa shape index (κ1) is 17.8. The summed E-state index contributed by atoms with van der Waals surface area (Å²) in [6.45, 7) is 4.99. The fraction of sp³-hybridized carbons (Fsp3) is 0.278. The van der Waals surface area contributed by atoms with Crippen LogP contribution in [0.25, 0.3) is 0 Å². The van der Waals surface area contributed by atoms with Gasteiger partial charge in [-0.2, -0.15) is 5.10 Å². The minimum absolute atomic E-state index is 0. The van der Waals surface area contributed by atoms with Crippen molar-refractivity contribution in [3.05, 3.63) is 70.7 Å². The van der Waals surface area contributed by atoms with Gasteiger partial charge in [-0.15, -0.1) is 12.4 Å². The fourth-order valence-corrected chi connectivity index (χ4v) is 2.76. The molecule has 1 aliphatic rings. The molecule has 1 heterocycles. The van der Waals surface area contributed by atoms with Crippen molar-refractivity contribution in [3.8, 4) is 0 Å². The minimum atomic E-state index is 0. The van der Waals surface area contributed by atoms with Crippen LogP contribution < -0.4 is 0 Å². The average molecular weight is 350 g/mol. The molecule has 2 aromatic carbocycles. The number of hydrogen-bond acceptors (Lipinski definition) is 3. The van der Waals surface area contributed by atoms with E-state index in [1.54, 1.807) is 0 Å². The highest BCUT2D eigenvalue weighted by molar-refractivity contribution is 6.33. The number of hydrogen-bond donors (Lipinski definition) is 0. The Morgan fingerprint density at radius 2 is 1.57 bits per heavy atom. The lowest BCUT2D eigenvalue weighted by atomic mass is 10.2. The Hall–Kier alpha value is -1.55. The molecule has 0 N–H and O–H groups in total. The van der Waals surface area contributed by atoms with Crippen LogP contribution in [0.15, 0.2) is 59.7 Å². The van der Waals surface area contributed by atoms with E-state index in [-0.39, 0.29) is 12.4 Å². The fourth-order valence-electron chi connectivity index (χ4n) is 2.58. The quantitative estimate of drug-likeness (QED) is 0.779. The van der Waals surface area contributed by atoms with Gasteiger partial charge in [-0.1, -0.05) is 60.1 Å². The van der Waals surface area contributed by atoms with E-state index < -0.39 is 0 Å². The summed E-state index contributed by atoms with van der Waals surface area (Å²) in [6, 6.07) is 18.4. The van der Waals surface area contributed by atoms with E-state index in [0.29, 0.717) is 0 Å². The van der Waals surface area contributed by atoms with Gasteiger partial charge in [-0.05, 0) is 11.6 Å². The van der Waals surface area contributed by atoms with Crippen LogP contribution >= 0.6 is 24.0 Å². The molecular formula is C18H21Cl2N3. The van der Waals surface area contributed by atoms with Gasteiger partial charge >= 0.3 is 0 Å². The van der Waals surface area contributed by atoms with Gasteiger partial charge in [0.1, 0.15) is 0 Å². The van der Waals surface area contributed by atoms with Crippen molar-refractivity contribution in [2.45, 2.75) is 6.54 Å². The van der Waals surface area contributed by atoms with Crippen LogP contribution in [0.3, 0.4) is 0 Å². The number of piperazine rings is 1. The summed E-state index contributed by atoms with van der Waals surface area (Å²) >= 11 is 6.14. The van der Waals surface area contributed by atoms with Crippen LogP contribution in [0.5, 0.6) is 0 Å². The summed E-state index contributed by atoms with van der Waals surface area (Å²) in [6.07, 6.45) is 1.86. The maximum Gasteiger partial charge on any atom is 0.0557 e. The number of nitrogens with zero attached hydrogens (tertiary/aromatic N) is 3. The largest absolute Gasteiger partial charge is 0.295 e. The molecule has 0 unspecified atom stereocenters. The van der Waals surface area contributed by atoms with Gasteiger partial charge in [0.2, 0.25) is 0 Å². The van der Waals surface area contributed by atoms with Crippen LogP contribution in [-0.4, -0.2) is 42.3 Å². The molecular weight excluding hydrogens is 329 g/mol. The van der Waals surface area contributed by atoms with Crippen molar-refractivity contribution < 1.29 is 0 Å². The lowest BCUT2D eigenvalue weighted by Crippen LogP contribution is -2.43. The molecule has 5 heteroatoms. The molecule has 1 aliphatic heterocycles. The first-order valence-corrected chi connectivity index (χ1v) is 7.99.